The number of anilines is 1. The summed E-state index contributed by atoms with van der Waals surface area (Å²) in [5.41, 5.74) is 0.464. The molecule has 172 valence electrons. The summed E-state index contributed by atoms with van der Waals surface area (Å²) >= 11 is 0. The highest BCUT2D eigenvalue weighted by atomic mass is 19.4. The summed E-state index contributed by atoms with van der Waals surface area (Å²) in [7, 11) is 3.27. The van der Waals surface area contributed by atoms with Gasteiger partial charge in [0, 0.05) is 32.4 Å². The molecular weight excluding hydrogens is 423 g/mol. The van der Waals surface area contributed by atoms with Crippen molar-refractivity contribution in [3.63, 3.8) is 0 Å². The highest BCUT2D eigenvalue weighted by molar-refractivity contribution is 5.90. The molecule has 1 heterocycles. The molecule has 0 saturated carbocycles. The lowest BCUT2D eigenvalue weighted by Crippen LogP contribution is -2.41. The van der Waals surface area contributed by atoms with Gasteiger partial charge in [0.1, 0.15) is 5.75 Å². The SMILES string of the molecule is CN(C)C(=O)COc1cccc(NC(=O)N2CCCCC2c2ccc(C(F)(F)F)cc2)c1. The number of nitrogens with zero attached hydrogens (tertiary/aromatic N) is 2. The van der Waals surface area contributed by atoms with E-state index in [4.69, 9.17) is 4.74 Å². The Labute approximate surface area is 184 Å². The zero-order valence-electron chi connectivity index (χ0n) is 18.0. The van der Waals surface area contributed by atoms with Crippen molar-refractivity contribution >= 4 is 17.6 Å². The van der Waals surface area contributed by atoms with Gasteiger partial charge in [0.15, 0.2) is 6.61 Å². The molecule has 1 fully saturated rings. The monoisotopic (exact) mass is 449 g/mol. The van der Waals surface area contributed by atoms with E-state index in [1.165, 1.54) is 17.0 Å². The van der Waals surface area contributed by atoms with E-state index < -0.39 is 11.7 Å². The second kappa shape index (κ2) is 9.93. The number of ether oxygens (including phenoxy) is 1. The number of piperidine rings is 1. The summed E-state index contributed by atoms with van der Waals surface area (Å²) in [6.45, 7) is 0.386. The molecule has 3 rings (SSSR count). The van der Waals surface area contributed by atoms with E-state index in [1.807, 2.05) is 0 Å². The molecule has 6 nitrogen and oxygen atoms in total. The lowest BCUT2D eigenvalue weighted by atomic mass is 9.95. The third-order valence-electron chi connectivity index (χ3n) is 5.33. The number of rotatable bonds is 5. The number of urea groups is 1. The Morgan fingerprint density at radius 2 is 1.84 bits per heavy atom. The van der Waals surface area contributed by atoms with E-state index in [2.05, 4.69) is 5.32 Å². The van der Waals surface area contributed by atoms with E-state index in [0.717, 1.165) is 25.0 Å². The van der Waals surface area contributed by atoms with Crippen LogP contribution in [-0.4, -0.2) is 49.0 Å². The first-order chi connectivity index (χ1) is 15.1. The number of hydrogen-bond acceptors (Lipinski definition) is 3. The van der Waals surface area contributed by atoms with Crippen molar-refractivity contribution in [3.8, 4) is 5.75 Å². The number of amides is 3. The van der Waals surface area contributed by atoms with Gasteiger partial charge >= 0.3 is 12.2 Å². The molecule has 32 heavy (non-hydrogen) atoms. The van der Waals surface area contributed by atoms with Crippen molar-refractivity contribution in [1.29, 1.82) is 0 Å². The van der Waals surface area contributed by atoms with Crippen LogP contribution in [0.4, 0.5) is 23.7 Å². The fourth-order valence-corrected chi connectivity index (χ4v) is 3.55. The van der Waals surface area contributed by atoms with Crippen LogP contribution in [0, 0.1) is 0 Å². The smallest absolute Gasteiger partial charge is 0.416 e. The Hall–Kier alpha value is -3.23. The molecule has 1 unspecified atom stereocenters. The Morgan fingerprint density at radius 1 is 1.12 bits per heavy atom. The van der Waals surface area contributed by atoms with E-state index in [9.17, 15) is 22.8 Å². The van der Waals surface area contributed by atoms with Crippen LogP contribution in [0.3, 0.4) is 0 Å². The van der Waals surface area contributed by atoms with E-state index >= 15 is 0 Å². The van der Waals surface area contributed by atoms with Gasteiger partial charge in [-0.15, -0.1) is 0 Å². The molecule has 1 N–H and O–H groups in total. The zero-order chi connectivity index (χ0) is 23.3. The van der Waals surface area contributed by atoms with Crippen molar-refractivity contribution in [1.82, 2.24) is 9.80 Å². The number of hydrogen-bond donors (Lipinski definition) is 1. The second-order valence-corrected chi connectivity index (χ2v) is 7.86. The van der Waals surface area contributed by atoms with Crippen LogP contribution in [0.25, 0.3) is 0 Å². The van der Waals surface area contributed by atoms with Gasteiger partial charge in [-0.25, -0.2) is 4.79 Å². The maximum atomic E-state index is 13.0. The van der Waals surface area contributed by atoms with Gasteiger partial charge in [-0.05, 0) is 49.1 Å². The van der Waals surface area contributed by atoms with Crippen LogP contribution >= 0.6 is 0 Å². The van der Waals surface area contributed by atoms with Crippen LogP contribution < -0.4 is 10.1 Å². The highest BCUT2D eigenvalue weighted by Crippen LogP contribution is 2.34. The minimum Gasteiger partial charge on any atom is -0.484 e. The van der Waals surface area contributed by atoms with E-state index in [0.29, 0.717) is 30.0 Å². The van der Waals surface area contributed by atoms with Gasteiger partial charge < -0.3 is 19.9 Å². The molecule has 1 saturated heterocycles. The second-order valence-electron chi connectivity index (χ2n) is 7.86. The van der Waals surface area contributed by atoms with Crippen LogP contribution in [0.2, 0.25) is 0 Å². The van der Waals surface area contributed by atoms with E-state index in [-0.39, 0.29) is 24.6 Å². The van der Waals surface area contributed by atoms with Crippen LogP contribution in [0.1, 0.15) is 36.4 Å². The molecule has 1 aliphatic heterocycles. The van der Waals surface area contributed by atoms with Crippen molar-refractivity contribution in [3.05, 3.63) is 59.7 Å². The van der Waals surface area contributed by atoms with Gasteiger partial charge in [-0.2, -0.15) is 13.2 Å². The molecule has 1 atom stereocenters. The van der Waals surface area contributed by atoms with Gasteiger partial charge in [0.05, 0.1) is 11.6 Å². The number of alkyl halides is 3. The first-order valence-electron chi connectivity index (χ1n) is 10.3. The molecule has 2 aromatic carbocycles. The van der Waals surface area contributed by atoms with E-state index in [1.54, 1.807) is 43.3 Å². The predicted octanol–water partition coefficient (Wildman–Crippen LogP) is 4.93. The molecule has 2 aromatic rings. The summed E-state index contributed by atoms with van der Waals surface area (Å²) in [5.74, 6) is 0.253. The minimum atomic E-state index is -4.40. The first kappa shape index (κ1) is 23.4. The van der Waals surface area contributed by atoms with Crippen molar-refractivity contribution < 1.29 is 27.5 Å². The maximum absolute atomic E-state index is 13.0. The topological polar surface area (TPSA) is 61.9 Å². The maximum Gasteiger partial charge on any atom is 0.416 e. The first-order valence-corrected chi connectivity index (χ1v) is 10.3. The average molecular weight is 449 g/mol. The Kier molecular flexibility index (Phi) is 7.27. The molecule has 0 spiro atoms. The summed E-state index contributed by atoms with van der Waals surface area (Å²) in [6, 6.07) is 11.1. The number of nitrogens with one attached hydrogen (secondary N) is 1. The number of carbonyl (C=O) groups is 2. The Bertz CT molecular complexity index is 945. The number of carbonyl (C=O) groups excluding carboxylic acids is 2. The molecular formula is C23H26F3N3O3. The Morgan fingerprint density at radius 3 is 2.50 bits per heavy atom. The number of benzene rings is 2. The predicted molar refractivity (Wildman–Crippen MR) is 114 cm³/mol. The van der Waals surface area contributed by atoms with Crippen LogP contribution in [0.15, 0.2) is 48.5 Å². The molecule has 0 radical (unpaired) electrons. The highest BCUT2D eigenvalue weighted by Gasteiger charge is 2.32. The van der Waals surface area contributed by atoms with Gasteiger partial charge in [0.2, 0.25) is 0 Å². The Balaban J connectivity index is 1.69. The van der Waals surface area contributed by atoms with Gasteiger partial charge in [0.25, 0.3) is 5.91 Å². The summed E-state index contributed by atoms with van der Waals surface area (Å²) in [4.78, 5) is 27.7. The average Bonchev–Trinajstić information content (AvgIpc) is 2.77. The minimum absolute atomic E-state index is 0.119. The van der Waals surface area contributed by atoms with Crippen LogP contribution in [0.5, 0.6) is 5.75 Å². The van der Waals surface area contributed by atoms with Crippen molar-refractivity contribution in [2.75, 3.05) is 32.6 Å². The quantitative estimate of drug-likeness (QED) is 0.704. The summed E-state index contributed by atoms with van der Waals surface area (Å²) < 4.78 is 44.1. The summed E-state index contributed by atoms with van der Waals surface area (Å²) in [6.07, 6.45) is -2.01. The third-order valence-corrected chi connectivity index (χ3v) is 5.33. The van der Waals surface area contributed by atoms with Crippen molar-refractivity contribution in [2.45, 2.75) is 31.5 Å². The molecule has 1 aliphatic rings. The zero-order valence-corrected chi connectivity index (χ0v) is 18.0. The molecule has 3 amide bonds. The molecule has 0 aromatic heterocycles. The molecule has 0 bridgehead atoms. The fourth-order valence-electron chi connectivity index (χ4n) is 3.55. The van der Waals surface area contributed by atoms with Gasteiger partial charge in [-0.3, -0.25) is 4.79 Å². The fraction of sp³-hybridized carbons (Fsp3) is 0.391. The third kappa shape index (κ3) is 5.93. The van der Waals surface area contributed by atoms with Gasteiger partial charge in [-0.1, -0.05) is 18.2 Å². The standard InChI is InChI=1S/C23H26F3N3O3/c1-28(2)21(30)15-32-19-7-5-6-18(14-19)27-22(31)29-13-4-3-8-20(29)16-9-11-17(12-10-16)23(24,25)26/h5-7,9-12,14,20H,3-4,8,13,15H2,1-2H3,(H,27,31). The molecule has 0 aliphatic carbocycles. The molecule has 9 heteroatoms. The van der Waals surface area contributed by atoms with Crippen LogP contribution in [-0.2, 0) is 11.0 Å². The lowest BCUT2D eigenvalue weighted by Gasteiger charge is -2.36. The normalized spacial score (nSPS) is 16.4. The number of likely N-dealkylation sites (N-methyl/N-ethyl adjacent to an activating group) is 1. The largest absolute Gasteiger partial charge is 0.484 e. The number of likely N-dealkylation sites (tertiary alicyclic amines) is 1. The summed E-state index contributed by atoms with van der Waals surface area (Å²) in [5, 5.41) is 2.83. The lowest BCUT2D eigenvalue weighted by molar-refractivity contribution is -0.137. The number of halogens is 3. The van der Waals surface area contributed by atoms with Crippen molar-refractivity contribution in [2.24, 2.45) is 0 Å².